The number of carbonyl (C=O) groups excluding carboxylic acids is 3. The van der Waals surface area contributed by atoms with Crippen molar-refractivity contribution in [1.82, 2.24) is 10.4 Å². The second kappa shape index (κ2) is 6.85. The Morgan fingerprint density at radius 3 is 2.48 bits per heavy atom. The van der Waals surface area contributed by atoms with E-state index in [2.05, 4.69) is 5.32 Å². The summed E-state index contributed by atoms with van der Waals surface area (Å²) < 4.78 is 4.80. The summed E-state index contributed by atoms with van der Waals surface area (Å²) in [6, 6.07) is 3.96. The van der Waals surface area contributed by atoms with Crippen molar-refractivity contribution in [3.63, 3.8) is 0 Å². The summed E-state index contributed by atoms with van der Waals surface area (Å²) in [7, 11) is 0. The summed E-state index contributed by atoms with van der Waals surface area (Å²) in [6.45, 7) is -0.389. The van der Waals surface area contributed by atoms with Crippen LogP contribution in [-0.4, -0.2) is 62.5 Å². The molecule has 144 valence electrons. The lowest BCUT2D eigenvalue weighted by Gasteiger charge is -2.30. The van der Waals surface area contributed by atoms with Crippen molar-refractivity contribution in [3.8, 4) is 5.75 Å². The maximum atomic E-state index is 12.5. The average molecular weight is 380 g/mol. The number of nitrogens with zero attached hydrogens (tertiary/aromatic N) is 1. The Bertz CT molecular complexity index is 794. The predicted octanol–water partition coefficient (Wildman–Crippen LogP) is -1.20. The number of hydroxylamine groups is 2. The van der Waals surface area contributed by atoms with Crippen molar-refractivity contribution in [2.75, 3.05) is 6.61 Å². The van der Waals surface area contributed by atoms with Gasteiger partial charge in [-0.05, 0) is 17.7 Å². The van der Waals surface area contributed by atoms with Gasteiger partial charge >= 0.3 is 17.7 Å². The van der Waals surface area contributed by atoms with Crippen LogP contribution in [0.15, 0.2) is 24.3 Å². The molecule has 0 bridgehead atoms. The molecule has 0 spiro atoms. The molecule has 2 unspecified atom stereocenters. The van der Waals surface area contributed by atoms with Gasteiger partial charge < -0.3 is 25.4 Å². The molecule has 2 aliphatic heterocycles. The van der Waals surface area contributed by atoms with E-state index in [0.717, 1.165) is 0 Å². The van der Waals surface area contributed by atoms with E-state index in [0.29, 0.717) is 5.06 Å². The Morgan fingerprint density at radius 2 is 1.93 bits per heavy atom. The van der Waals surface area contributed by atoms with Crippen molar-refractivity contribution in [2.24, 2.45) is 0 Å². The number of carboxylic acid groups (broad SMARTS) is 1. The molecule has 1 aromatic carbocycles. The molecule has 2 saturated heterocycles. The van der Waals surface area contributed by atoms with Gasteiger partial charge in [0.2, 0.25) is 0 Å². The minimum absolute atomic E-state index is 0.0496. The lowest BCUT2D eigenvalue weighted by Crippen LogP contribution is -2.56. The van der Waals surface area contributed by atoms with Gasteiger partial charge in [-0.2, -0.15) is 5.06 Å². The summed E-state index contributed by atoms with van der Waals surface area (Å²) in [5.74, 6) is -4.25. The molecule has 11 heteroatoms. The van der Waals surface area contributed by atoms with E-state index in [1.54, 1.807) is 0 Å². The fourth-order valence-electron chi connectivity index (χ4n) is 2.81. The van der Waals surface area contributed by atoms with E-state index in [4.69, 9.17) is 9.57 Å². The molecular formula is C16H16N2O9. The maximum Gasteiger partial charge on any atom is 0.372 e. The fourth-order valence-corrected chi connectivity index (χ4v) is 2.81. The summed E-state index contributed by atoms with van der Waals surface area (Å²) in [5.41, 5.74) is -2.09. The number of hydrogen-bond acceptors (Lipinski definition) is 8. The number of cyclic esters (lactones) is 1. The number of aromatic hydroxyl groups is 1. The molecule has 1 aromatic rings. The van der Waals surface area contributed by atoms with Crippen molar-refractivity contribution in [3.05, 3.63) is 29.8 Å². The fraction of sp³-hybridized carbons (Fsp3) is 0.375. The van der Waals surface area contributed by atoms with Crippen LogP contribution in [0.25, 0.3) is 0 Å². The number of amides is 2. The van der Waals surface area contributed by atoms with Gasteiger partial charge in [0, 0.05) is 6.42 Å². The molecule has 0 aliphatic carbocycles. The first-order valence-corrected chi connectivity index (χ1v) is 7.94. The molecule has 3 atom stereocenters. The van der Waals surface area contributed by atoms with E-state index in [9.17, 15) is 34.5 Å². The van der Waals surface area contributed by atoms with Gasteiger partial charge in [-0.15, -0.1) is 0 Å². The Hall–Kier alpha value is -3.18. The van der Waals surface area contributed by atoms with Gasteiger partial charge in [0.1, 0.15) is 18.4 Å². The lowest BCUT2D eigenvalue weighted by atomic mass is 10.1. The number of aliphatic hydroxyl groups is 1. The molecule has 0 aromatic heterocycles. The molecule has 11 nitrogen and oxygen atoms in total. The second-order valence-electron chi connectivity index (χ2n) is 6.05. The van der Waals surface area contributed by atoms with Gasteiger partial charge in [-0.1, -0.05) is 12.1 Å². The van der Waals surface area contributed by atoms with Gasteiger partial charge in [0.15, 0.2) is 6.10 Å². The average Bonchev–Trinajstić information content (AvgIpc) is 3.19. The lowest BCUT2D eigenvalue weighted by molar-refractivity contribution is -0.256. The molecule has 27 heavy (non-hydrogen) atoms. The van der Waals surface area contributed by atoms with Gasteiger partial charge in [-0.3, -0.25) is 19.2 Å². The Labute approximate surface area is 152 Å². The number of ether oxygens (including phenoxy) is 1. The first-order chi connectivity index (χ1) is 12.7. The minimum Gasteiger partial charge on any atom is -0.508 e. The highest BCUT2D eigenvalue weighted by atomic mass is 16.7. The van der Waals surface area contributed by atoms with Crippen LogP contribution < -0.4 is 5.32 Å². The highest BCUT2D eigenvalue weighted by Gasteiger charge is 2.59. The van der Waals surface area contributed by atoms with E-state index in [1.807, 2.05) is 0 Å². The molecule has 2 aliphatic rings. The summed E-state index contributed by atoms with van der Waals surface area (Å²) >= 11 is 0. The molecular weight excluding hydrogens is 364 g/mol. The van der Waals surface area contributed by atoms with Crippen molar-refractivity contribution in [2.45, 2.75) is 30.7 Å². The van der Waals surface area contributed by atoms with Gasteiger partial charge in [0.05, 0.1) is 6.42 Å². The van der Waals surface area contributed by atoms with E-state index >= 15 is 0 Å². The number of phenolic OH excluding ortho intramolecular Hbond substituents is 1. The Kier molecular flexibility index (Phi) is 4.72. The largest absolute Gasteiger partial charge is 0.508 e. The highest BCUT2D eigenvalue weighted by Crippen LogP contribution is 2.34. The SMILES string of the molecule is O=C1CCC(C(=O)O)(N2OC[C@H](NC(=O)C(O)c3ccc(O)cc3)C2=O)O1. The number of carboxylic acids is 1. The maximum absolute atomic E-state index is 12.5. The normalized spacial score (nSPS) is 26.0. The van der Waals surface area contributed by atoms with Crippen LogP contribution in [0.2, 0.25) is 0 Å². The standard InChI is InChI=1S/C16H16N2O9/c19-9-3-1-8(2-4-9)12(21)13(22)17-10-7-26-18(14(10)23)16(15(24)25)6-5-11(20)27-16/h1-4,10,12,19,21H,5-7H2,(H,17,22)(H,24,25)/t10-,12?,16?/m0/s1. The number of aliphatic hydroxyl groups excluding tert-OH is 1. The number of carbonyl (C=O) groups is 4. The van der Waals surface area contributed by atoms with Gasteiger partial charge in [0.25, 0.3) is 11.8 Å². The number of rotatable bonds is 5. The number of esters is 1. The Balaban J connectivity index is 1.70. The first kappa shape index (κ1) is 18.6. The number of nitrogens with one attached hydrogen (secondary N) is 1. The van der Waals surface area contributed by atoms with Crippen LogP contribution in [0.1, 0.15) is 24.5 Å². The van der Waals surface area contributed by atoms with Crippen LogP contribution in [0.4, 0.5) is 0 Å². The van der Waals surface area contributed by atoms with Gasteiger partial charge in [-0.25, -0.2) is 4.79 Å². The van der Waals surface area contributed by atoms with Crippen LogP contribution in [-0.2, 0) is 28.8 Å². The number of hydrogen-bond donors (Lipinski definition) is 4. The summed E-state index contributed by atoms with van der Waals surface area (Å²) in [4.78, 5) is 52.6. The molecule has 2 heterocycles. The molecule has 3 rings (SSSR count). The predicted molar refractivity (Wildman–Crippen MR) is 83.5 cm³/mol. The van der Waals surface area contributed by atoms with Crippen LogP contribution in [0.5, 0.6) is 5.75 Å². The van der Waals surface area contributed by atoms with Crippen molar-refractivity contribution in [1.29, 1.82) is 0 Å². The van der Waals surface area contributed by atoms with E-state index < -0.39 is 41.6 Å². The first-order valence-electron chi connectivity index (χ1n) is 7.94. The van der Waals surface area contributed by atoms with Crippen LogP contribution in [0.3, 0.4) is 0 Å². The highest BCUT2D eigenvalue weighted by molar-refractivity contribution is 5.94. The zero-order chi connectivity index (χ0) is 19.8. The zero-order valence-electron chi connectivity index (χ0n) is 13.8. The third kappa shape index (κ3) is 3.29. The smallest absolute Gasteiger partial charge is 0.372 e. The Morgan fingerprint density at radius 1 is 1.26 bits per heavy atom. The second-order valence-corrected chi connectivity index (χ2v) is 6.05. The molecule has 0 radical (unpaired) electrons. The van der Waals surface area contributed by atoms with Crippen LogP contribution >= 0.6 is 0 Å². The zero-order valence-corrected chi connectivity index (χ0v) is 13.8. The molecule has 0 saturated carbocycles. The molecule has 2 amide bonds. The number of benzene rings is 1. The topological polar surface area (TPSA) is 163 Å². The summed E-state index contributed by atoms with van der Waals surface area (Å²) in [5, 5.41) is 31.4. The van der Waals surface area contributed by atoms with Crippen molar-refractivity contribution < 1.29 is 44.1 Å². The number of aliphatic carboxylic acids is 1. The third-order valence-corrected chi connectivity index (χ3v) is 4.26. The van der Waals surface area contributed by atoms with E-state index in [-0.39, 0.29) is 30.8 Å². The monoisotopic (exact) mass is 380 g/mol. The molecule has 4 N–H and O–H groups in total. The van der Waals surface area contributed by atoms with E-state index in [1.165, 1.54) is 24.3 Å². The van der Waals surface area contributed by atoms with Crippen molar-refractivity contribution >= 4 is 23.8 Å². The summed E-state index contributed by atoms with van der Waals surface area (Å²) in [6.07, 6.45) is -2.11. The quantitative estimate of drug-likeness (QED) is 0.460. The molecule has 2 fully saturated rings. The number of phenols is 1. The minimum atomic E-state index is -2.27. The third-order valence-electron chi connectivity index (χ3n) is 4.26. The van der Waals surface area contributed by atoms with Crippen LogP contribution in [0, 0.1) is 0 Å².